The number of hydrogen-bond donors (Lipinski definition) is 0. The van der Waals surface area contributed by atoms with Crippen LogP contribution in [-0.2, 0) is 13.0 Å². The first-order chi connectivity index (χ1) is 14.6. The van der Waals surface area contributed by atoms with Gasteiger partial charge in [0.1, 0.15) is 5.56 Å². The number of benzene rings is 2. The minimum absolute atomic E-state index is 0.0169. The first kappa shape index (κ1) is 18.4. The summed E-state index contributed by atoms with van der Waals surface area (Å²) in [6.07, 6.45) is 6.49. The standard InChI is InChI=1S/C25H24N4O/c1-18-9-10-22(15-19(18)2)29-24(27-12-5-6-13-27)23(16-26-29)25(30)28-14-11-20-7-3-4-8-21(20)17-28/h3-10,12-13,15-16H,11,14,17H2,1-2H3. The zero-order valence-electron chi connectivity index (χ0n) is 17.2. The molecule has 5 rings (SSSR count). The maximum absolute atomic E-state index is 13.6. The number of aromatic nitrogens is 3. The van der Waals surface area contributed by atoms with Crippen LogP contribution in [-0.4, -0.2) is 31.7 Å². The molecule has 1 aliphatic heterocycles. The Morgan fingerprint density at radius 1 is 0.933 bits per heavy atom. The lowest BCUT2D eigenvalue weighted by atomic mass is 9.99. The Hall–Kier alpha value is -3.60. The first-order valence-corrected chi connectivity index (χ1v) is 10.3. The predicted molar refractivity (Wildman–Crippen MR) is 117 cm³/mol. The highest BCUT2D eigenvalue weighted by Gasteiger charge is 2.27. The van der Waals surface area contributed by atoms with Crippen molar-refractivity contribution in [3.05, 3.63) is 101 Å². The Labute approximate surface area is 176 Å². The highest BCUT2D eigenvalue weighted by Crippen LogP contribution is 2.25. The van der Waals surface area contributed by atoms with Gasteiger partial charge in [0.25, 0.3) is 5.91 Å². The molecule has 0 saturated heterocycles. The van der Waals surface area contributed by atoms with Gasteiger partial charge in [-0.2, -0.15) is 5.10 Å². The van der Waals surface area contributed by atoms with Crippen LogP contribution in [0.15, 0.2) is 73.2 Å². The molecule has 0 N–H and O–H groups in total. The number of fused-ring (bicyclic) bond motifs is 1. The van der Waals surface area contributed by atoms with Gasteiger partial charge in [-0.3, -0.25) is 4.79 Å². The van der Waals surface area contributed by atoms with Crippen LogP contribution in [0.5, 0.6) is 0 Å². The number of carbonyl (C=O) groups is 1. The maximum atomic E-state index is 13.6. The quantitative estimate of drug-likeness (QED) is 0.512. The smallest absolute Gasteiger partial charge is 0.259 e. The van der Waals surface area contributed by atoms with E-state index in [1.807, 2.05) is 50.8 Å². The Morgan fingerprint density at radius 3 is 2.47 bits per heavy atom. The van der Waals surface area contributed by atoms with E-state index in [0.29, 0.717) is 12.1 Å². The molecule has 1 aliphatic rings. The van der Waals surface area contributed by atoms with Crippen molar-refractivity contribution in [2.75, 3.05) is 6.54 Å². The first-order valence-electron chi connectivity index (χ1n) is 10.3. The Kier molecular flexibility index (Phi) is 4.51. The van der Waals surface area contributed by atoms with E-state index in [9.17, 15) is 4.79 Å². The van der Waals surface area contributed by atoms with Crippen molar-refractivity contribution >= 4 is 5.91 Å². The lowest BCUT2D eigenvalue weighted by molar-refractivity contribution is 0.0734. The number of hydrogen-bond acceptors (Lipinski definition) is 2. The van der Waals surface area contributed by atoms with Gasteiger partial charge in [-0.05, 0) is 66.8 Å². The van der Waals surface area contributed by atoms with Crippen LogP contribution in [0, 0.1) is 13.8 Å². The van der Waals surface area contributed by atoms with Gasteiger partial charge in [0, 0.05) is 25.5 Å². The van der Waals surface area contributed by atoms with Crippen molar-refractivity contribution < 1.29 is 4.79 Å². The predicted octanol–water partition coefficient (Wildman–Crippen LogP) is 4.48. The third-order valence-corrected chi connectivity index (χ3v) is 5.98. The van der Waals surface area contributed by atoms with E-state index in [0.717, 1.165) is 24.5 Å². The largest absolute Gasteiger partial charge is 0.334 e. The van der Waals surface area contributed by atoms with Crippen LogP contribution in [0.3, 0.4) is 0 Å². The van der Waals surface area contributed by atoms with Crippen molar-refractivity contribution in [2.24, 2.45) is 0 Å². The molecule has 0 atom stereocenters. The zero-order chi connectivity index (χ0) is 20.7. The fraction of sp³-hybridized carbons (Fsp3) is 0.200. The normalized spacial score (nSPS) is 13.3. The SMILES string of the molecule is Cc1ccc(-n2ncc(C(=O)N3CCc4ccccc4C3)c2-n2cccc2)cc1C. The van der Waals surface area contributed by atoms with Crippen LogP contribution in [0.2, 0.25) is 0 Å². The molecule has 5 heteroatoms. The maximum Gasteiger partial charge on any atom is 0.259 e. The highest BCUT2D eigenvalue weighted by atomic mass is 16.2. The average Bonchev–Trinajstić information content (AvgIpc) is 3.44. The molecule has 0 bridgehead atoms. The molecule has 1 amide bonds. The van der Waals surface area contributed by atoms with Crippen LogP contribution in [0.1, 0.15) is 32.6 Å². The third-order valence-electron chi connectivity index (χ3n) is 5.98. The summed E-state index contributed by atoms with van der Waals surface area (Å²) >= 11 is 0. The Balaban J connectivity index is 1.57. The van der Waals surface area contributed by atoms with Gasteiger partial charge < -0.3 is 9.47 Å². The fourth-order valence-corrected chi connectivity index (χ4v) is 4.10. The highest BCUT2D eigenvalue weighted by molar-refractivity contribution is 5.97. The summed E-state index contributed by atoms with van der Waals surface area (Å²) in [5.74, 6) is 0.787. The van der Waals surface area contributed by atoms with Crippen LogP contribution in [0.4, 0.5) is 0 Å². The molecular weight excluding hydrogens is 372 g/mol. The number of nitrogens with zero attached hydrogens (tertiary/aromatic N) is 4. The summed E-state index contributed by atoms with van der Waals surface area (Å²) in [5, 5.41) is 4.62. The summed E-state index contributed by atoms with van der Waals surface area (Å²) in [7, 11) is 0. The second-order valence-corrected chi connectivity index (χ2v) is 7.90. The summed E-state index contributed by atoms with van der Waals surface area (Å²) in [6.45, 7) is 5.54. The van der Waals surface area contributed by atoms with E-state index < -0.39 is 0 Å². The fourth-order valence-electron chi connectivity index (χ4n) is 4.10. The summed E-state index contributed by atoms with van der Waals surface area (Å²) in [6, 6.07) is 18.5. The average molecular weight is 396 g/mol. The van der Waals surface area contributed by atoms with Gasteiger partial charge in [-0.1, -0.05) is 30.3 Å². The van der Waals surface area contributed by atoms with E-state index >= 15 is 0 Å². The molecule has 5 nitrogen and oxygen atoms in total. The van der Waals surface area contributed by atoms with Gasteiger partial charge in [0.05, 0.1) is 11.9 Å². The molecule has 0 spiro atoms. The minimum atomic E-state index is 0.0169. The summed E-state index contributed by atoms with van der Waals surface area (Å²) < 4.78 is 3.82. The molecule has 30 heavy (non-hydrogen) atoms. The minimum Gasteiger partial charge on any atom is -0.334 e. The van der Waals surface area contributed by atoms with E-state index in [2.05, 4.69) is 49.3 Å². The third kappa shape index (κ3) is 3.12. The monoisotopic (exact) mass is 396 g/mol. The second kappa shape index (κ2) is 7.34. The lowest BCUT2D eigenvalue weighted by Crippen LogP contribution is -2.36. The summed E-state index contributed by atoms with van der Waals surface area (Å²) in [5.41, 5.74) is 6.55. The van der Waals surface area contributed by atoms with Gasteiger partial charge >= 0.3 is 0 Å². The number of carbonyl (C=O) groups excluding carboxylic acids is 1. The van der Waals surface area contributed by atoms with Crippen LogP contribution >= 0.6 is 0 Å². The molecule has 0 fully saturated rings. The molecule has 150 valence electrons. The van der Waals surface area contributed by atoms with E-state index in [-0.39, 0.29) is 5.91 Å². The van der Waals surface area contributed by atoms with Crippen molar-refractivity contribution in [3.63, 3.8) is 0 Å². The molecule has 2 aromatic heterocycles. The number of aryl methyl sites for hydroxylation is 2. The topological polar surface area (TPSA) is 43.1 Å². The van der Waals surface area contributed by atoms with Gasteiger partial charge in [0.2, 0.25) is 0 Å². The van der Waals surface area contributed by atoms with Crippen molar-refractivity contribution in [1.29, 1.82) is 0 Å². The van der Waals surface area contributed by atoms with E-state index in [1.54, 1.807) is 6.20 Å². The molecule has 0 radical (unpaired) electrons. The number of amides is 1. The zero-order valence-corrected chi connectivity index (χ0v) is 17.2. The molecule has 0 saturated carbocycles. The van der Waals surface area contributed by atoms with Gasteiger partial charge in [-0.15, -0.1) is 0 Å². The number of rotatable bonds is 3. The molecule has 3 heterocycles. The van der Waals surface area contributed by atoms with E-state index in [4.69, 9.17) is 0 Å². The Morgan fingerprint density at radius 2 is 1.70 bits per heavy atom. The van der Waals surface area contributed by atoms with Crippen molar-refractivity contribution in [2.45, 2.75) is 26.8 Å². The van der Waals surface area contributed by atoms with Gasteiger partial charge in [-0.25, -0.2) is 4.68 Å². The molecule has 4 aromatic rings. The molecule has 0 aliphatic carbocycles. The molecule has 2 aromatic carbocycles. The van der Waals surface area contributed by atoms with Crippen molar-refractivity contribution in [3.8, 4) is 11.5 Å². The van der Waals surface area contributed by atoms with E-state index in [1.165, 1.54) is 22.3 Å². The molecular formula is C25H24N4O. The van der Waals surface area contributed by atoms with Gasteiger partial charge in [0.15, 0.2) is 5.82 Å². The molecule has 0 unspecified atom stereocenters. The summed E-state index contributed by atoms with van der Waals surface area (Å²) in [4.78, 5) is 15.5. The van der Waals surface area contributed by atoms with Crippen LogP contribution in [0.25, 0.3) is 11.5 Å². The lowest BCUT2D eigenvalue weighted by Gasteiger charge is -2.29. The van der Waals surface area contributed by atoms with Crippen LogP contribution < -0.4 is 0 Å². The second-order valence-electron chi connectivity index (χ2n) is 7.90. The Bertz CT molecular complexity index is 1220. The van der Waals surface area contributed by atoms with Crippen molar-refractivity contribution in [1.82, 2.24) is 19.2 Å².